The van der Waals surface area contributed by atoms with Gasteiger partial charge in [-0.1, -0.05) is 12.1 Å². The van der Waals surface area contributed by atoms with Gasteiger partial charge in [0.15, 0.2) is 0 Å². The molecule has 0 saturated carbocycles. The largest absolute Gasteiger partial charge is 0.462 e. The number of fused-ring (bicyclic) bond motifs is 2. The summed E-state index contributed by atoms with van der Waals surface area (Å²) in [4.78, 5) is 24.1. The van der Waals surface area contributed by atoms with Crippen LogP contribution in [0.2, 0.25) is 0 Å². The van der Waals surface area contributed by atoms with Gasteiger partial charge in [0.2, 0.25) is 5.43 Å². The maximum Gasteiger partial charge on any atom is 0.338 e. The highest BCUT2D eigenvalue weighted by Gasteiger charge is 2.11. The van der Waals surface area contributed by atoms with Gasteiger partial charge in [-0.05, 0) is 37.3 Å². The lowest BCUT2D eigenvalue weighted by Gasteiger charge is -2.04. The number of carbonyl (C=O) groups excluding carboxylic acids is 1. The van der Waals surface area contributed by atoms with E-state index in [-0.39, 0.29) is 5.43 Å². The summed E-state index contributed by atoms with van der Waals surface area (Å²) in [6, 6.07) is 11.8. The highest BCUT2D eigenvalue weighted by molar-refractivity contribution is 5.96. The molecule has 3 aromatic rings. The van der Waals surface area contributed by atoms with Crippen molar-refractivity contribution in [2.24, 2.45) is 0 Å². The maximum atomic E-state index is 12.4. The quantitative estimate of drug-likeness (QED) is 0.529. The second kappa shape index (κ2) is 4.81. The maximum absolute atomic E-state index is 12.4. The lowest BCUT2D eigenvalue weighted by Crippen LogP contribution is -2.07. The molecule has 0 bridgehead atoms. The average molecular weight is 268 g/mol. The molecule has 0 atom stereocenters. The molecule has 20 heavy (non-hydrogen) atoms. The summed E-state index contributed by atoms with van der Waals surface area (Å²) in [6.45, 7) is 2.03. The summed E-state index contributed by atoms with van der Waals surface area (Å²) >= 11 is 0. The van der Waals surface area contributed by atoms with Crippen molar-refractivity contribution >= 4 is 27.9 Å². The van der Waals surface area contributed by atoms with Crippen LogP contribution in [0.5, 0.6) is 0 Å². The minimum Gasteiger partial charge on any atom is -0.462 e. The lowest BCUT2D eigenvalue weighted by atomic mass is 10.1. The van der Waals surface area contributed by atoms with Gasteiger partial charge in [0, 0.05) is 0 Å². The van der Waals surface area contributed by atoms with Crippen LogP contribution in [0.15, 0.2) is 51.7 Å². The number of hydrogen-bond donors (Lipinski definition) is 0. The van der Waals surface area contributed by atoms with Gasteiger partial charge < -0.3 is 9.15 Å². The molecule has 4 heteroatoms. The highest BCUT2D eigenvalue weighted by Crippen LogP contribution is 2.19. The molecule has 0 aliphatic carbocycles. The molecule has 3 rings (SSSR count). The van der Waals surface area contributed by atoms with E-state index >= 15 is 0 Å². The Morgan fingerprint density at radius 1 is 1.10 bits per heavy atom. The number of para-hydroxylation sites is 1. The van der Waals surface area contributed by atoms with Gasteiger partial charge in [-0.25, -0.2) is 4.79 Å². The van der Waals surface area contributed by atoms with Crippen molar-refractivity contribution in [3.05, 3.63) is 58.3 Å². The van der Waals surface area contributed by atoms with E-state index in [4.69, 9.17) is 9.15 Å². The van der Waals surface area contributed by atoms with E-state index in [0.717, 1.165) is 0 Å². The van der Waals surface area contributed by atoms with Crippen LogP contribution in [0, 0.1) is 0 Å². The third-order valence-electron chi connectivity index (χ3n) is 3.09. The molecule has 1 aromatic heterocycles. The fraction of sp³-hybridized carbons (Fsp3) is 0.125. The number of rotatable bonds is 2. The first-order chi connectivity index (χ1) is 9.70. The molecule has 2 aromatic carbocycles. The summed E-state index contributed by atoms with van der Waals surface area (Å²) in [5.41, 5.74) is 1.20. The normalized spacial score (nSPS) is 10.8. The molecule has 0 unspecified atom stereocenters. The highest BCUT2D eigenvalue weighted by atomic mass is 16.5. The van der Waals surface area contributed by atoms with Crippen LogP contribution < -0.4 is 5.43 Å². The standard InChI is InChI=1S/C16H12O4/c1-2-19-16(18)10-7-8-14-12(9-10)15(17)11-5-3-4-6-13(11)20-14/h3-9H,2H2,1H3. The molecule has 1 heterocycles. The van der Waals surface area contributed by atoms with Crippen molar-refractivity contribution in [2.45, 2.75) is 6.92 Å². The molecule has 0 aliphatic heterocycles. The van der Waals surface area contributed by atoms with Crippen LogP contribution in [0.25, 0.3) is 21.9 Å². The molecule has 100 valence electrons. The minimum absolute atomic E-state index is 0.145. The van der Waals surface area contributed by atoms with Gasteiger partial charge in [-0.2, -0.15) is 0 Å². The Bertz CT molecular complexity index is 861. The molecule has 0 fully saturated rings. The molecule has 0 radical (unpaired) electrons. The number of benzene rings is 2. The van der Waals surface area contributed by atoms with E-state index in [1.54, 1.807) is 37.3 Å². The lowest BCUT2D eigenvalue weighted by molar-refractivity contribution is 0.0526. The first-order valence-electron chi connectivity index (χ1n) is 6.33. The van der Waals surface area contributed by atoms with E-state index in [9.17, 15) is 9.59 Å². The fourth-order valence-electron chi connectivity index (χ4n) is 2.14. The third-order valence-corrected chi connectivity index (χ3v) is 3.09. The number of carbonyl (C=O) groups is 1. The number of esters is 1. The van der Waals surface area contributed by atoms with Gasteiger partial charge in [0.25, 0.3) is 0 Å². The molecule has 4 nitrogen and oxygen atoms in total. The van der Waals surface area contributed by atoms with E-state index in [0.29, 0.717) is 34.1 Å². The topological polar surface area (TPSA) is 56.5 Å². The zero-order chi connectivity index (χ0) is 14.1. The molecular formula is C16H12O4. The Labute approximate surface area is 114 Å². The summed E-state index contributed by atoms with van der Waals surface area (Å²) < 4.78 is 10.6. The Hall–Kier alpha value is -2.62. The van der Waals surface area contributed by atoms with Crippen LogP contribution in [0.3, 0.4) is 0 Å². The van der Waals surface area contributed by atoms with Crippen molar-refractivity contribution in [3.8, 4) is 0 Å². The average Bonchev–Trinajstić information content (AvgIpc) is 2.47. The first kappa shape index (κ1) is 12.4. The predicted octanol–water partition coefficient (Wildman–Crippen LogP) is 3.12. The van der Waals surface area contributed by atoms with Gasteiger partial charge in [-0.3, -0.25) is 4.79 Å². The number of hydrogen-bond acceptors (Lipinski definition) is 4. The summed E-state index contributed by atoms with van der Waals surface area (Å²) in [5.74, 6) is -0.443. The van der Waals surface area contributed by atoms with Crippen molar-refractivity contribution in [1.29, 1.82) is 0 Å². The summed E-state index contributed by atoms with van der Waals surface area (Å²) in [5, 5.41) is 0.885. The summed E-state index contributed by atoms with van der Waals surface area (Å²) in [7, 11) is 0. The van der Waals surface area contributed by atoms with Crippen LogP contribution in [0.1, 0.15) is 17.3 Å². The van der Waals surface area contributed by atoms with Crippen LogP contribution in [-0.2, 0) is 4.74 Å². The first-order valence-corrected chi connectivity index (χ1v) is 6.33. The van der Waals surface area contributed by atoms with Crippen LogP contribution in [-0.4, -0.2) is 12.6 Å². The smallest absolute Gasteiger partial charge is 0.338 e. The predicted molar refractivity (Wildman–Crippen MR) is 75.9 cm³/mol. The molecule has 0 N–H and O–H groups in total. The molecule has 0 amide bonds. The van der Waals surface area contributed by atoms with Gasteiger partial charge in [-0.15, -0.1) is 0 Å². The van der Waals surface area contributed by atoms with Gasteiger partial charge in [0.1, 0.15) is 11.2 Å². The molecule has 0 spiro atoms. The molecule has 0 saturated heterocycles. The van der Waals surface area contributed by atoms with Gasteiger partial charge in [0.05, 0.1) is 22.9 Å². The fourth-order valence-corrected chi connectivity index (χ4v) is 2.14. The second-order valence-electron chi connectivity index (χ2n) is 4.36. The minimum atomic E-state index is -0.443. The van der Waals surface area contributed by atoms with Crippen molar-refractivity contribution in [3.63, 3.8) is 0 Å². The Morgan fingerprint density at radius 3 is 2.65 bits per heavy atom. The van der Waals surface area contributed by atoms with Crippen LogP contribution >= 0.6 is 0 Å². The zero-order valence-corrected chi connectivity index (χ0v) is 10.9. The van der Waals surface area contributed by atoms with Gasteiger partial charge >= 0.3 is 5.97 Å². The van der Waals surface area contributed by atoms with Crippen molar-refractivity contribution < 1.29 is 13.9 Å². The third kappa shape index (κ3) is 1.95. The van der Waals surface area contributed by atoms with E-state index in [2.05, 4.69) is 0 Å². The van der Waals surface area contributed by atoms with E-state index < -0.39 is 5.97 Å². The van der Waals surface area contributed by atoms with Crippen LogP contribution in [0.4, 0.5) is 0 Å². The molecule has 0 aliphatic rings. The summed E-state index contributed by atoms with van der Waals surface area (Å²) in [6.07, 6.45) is 0. The zero-order valence-electron chi connectivity index (χ0n) is 10.9. The SMILES string of the molecule is CCOC(=O)c1ccc2oc3ccccc3c(=O)c2c1. The Balaban J connectivity index is 2.28. The molecular weight excluding hydrogens is 256 g/mol. The Morgan fingerprint density at radius 2 is 1.85 bits per heavy atom. The Kier molecular flexibility index (Phi) is 2.99. The number of ether oxygens (including phenoxy) is 1. The van der Waals surface area contributed by atoms with Crippen molar-refractivity contribution in [2.75, 3.05) is 6.61 Å². The van der Waals surface area contributed by atoms with E-state index in [1.807, 2.05) is 6.07 Å². The monoisotopic (exact) mass is 268 g/mol. The van der Waals surface area contributed by atoms with Crippen molar-refractivity contribution in [1.82, 2.24) is 0 Å². The second-order valence-corrected chi connectivity index (χ2v) is 4.36. The van der Waals surface area contributed by atoms with E-state index in [1.165, 1.54) is 6.07 Å².